The molecule has 244 valence electrons. The van der Waals surface area contributed by atoms with Gasteiger partial charge < -0.3 is 25.1 Å². The van der Waals surface area contributed by atoms with Crippen molar-refractivity contribution in [3.05, 3.63) is 0 Å². The van der Waals surface area contributed by atoms with Gasteiger partial charge in [-0.2, -0.15) is 8.42 Å². The van der Waals surface area contributed by atoms with Crippen molar-refractivity contribution in [3.8, 4) is 0 Å². The maximum Gasteiger partial charge on any atom is 0.265 e. The Balaban J connectivity index is 1.27. The van der Waals surface area contributed by atoms with Crippen molar-refractivity contribution in [2.24, 2.45) is 46.3 Å². The fourth-order valence-electron chi connectivity index (χ4n) is 10.3. The van der Waals surface area contributed by atoms with Crippen LogP contribution in [0.1, 0.15) is 91.4 Å². The van der Waals surface area contributed by atoms with Gasteiger partial charge in [0.15, 0.2) is 0 Å². The molecule has 0 unspecified atom stereocenters. The van der Waals surface area contributed by atoms with Gasteiger partial charge in [-0.05, 0) is 97.7 Å². The number of carbonyl (C=O) groups excluding carboxylic acids is 1. The lowest BCUT2D eigenvalue weighted by atomic mass is 9.43. The highest BCUT2D eigenvalue weighted by Gasteiger charge is 2.65. The molecular formula is C32H59N2O7S+. The molecule has 0 spiro atoms. The molecule has 11 atom stereocenters. The molecule has 0 aromatic carbocycles. The Morgan fingerprint density at radius 2 is 1.69 bits per heavy atom. The number of aliphatic hydroxyl groups excluding tert-OH is 3. The van der Waals surface area contributed by atoms with E-state index >= 15 is 0 Å². The average molecular weight is 616 g/mol. The first kappa shape index (κ1) is 34.1. The first-order valence-corrected chi connectivity index (χ1v) is 18.2. The molecule has 0 heterocycles. The van der Waals surface area contributed by atoms with Gasteiger partial charge >= 0.3 is 0 Å². The van der Waals surface area contributed by atoms with Crippen LogP contribution in [0.15, 0.2) is 0 Å². The number of carbonyl (C=O) groups is 1. The highest BCUT2D eigenvalue weighted by Crippen LogP contribution is 2.68. The molecule has 0 aromatic rings. The molecule has 0 aromatic heterocycles. The molecule has 4 saturated carbocycles. The second kappa shape index (κ2) is 12.9. The van der Waals surface area contributed by atoms with Gasteiger partial charge in [-0.1, -0.05) is 20.8 Å². The van der Waals surface area contributed by atoms with Crippen molar-refractivity contribution >= 4 is 16.0 Å². The zero-order chi connectivity index (χ0) is 31.1. The van der Waals surface area contributed by atoms with Crippen LogP contribution in [0, 0.1) is 46.3 Å². The van der Waals surface area contributed by atoms with Gasteiger partial charge in [-0.3, -0.25) is 9.35 Å². The number of quaternary nitrogens is 1. The van der Waals surface area contributed by atoms with Gasteiger partial charge in [0.05, 0.1) is 51.2 Å². The van der Waals surface area contributed by atoms with Crippen molar-refractivity contribution in [1.29, 1.82) is 0 Å². The van der Waals surface area contributed by atoms with E-state index in [1.165, 1.54) is 0 Å². The second-order valence-corrected chi connectivity index (χ2v) is 17.3. The lowest BCUT2D eigenvalue weighted by Gasteiger charge is -2.63. The highest BCUT2D eigenvalue weighted by atomic mass is 32.2. The number of hydrogen-bond donors (Lipinski definition) is 5. The topological polar surface area (TPSA) is 144 Å². The third-order valence-electron chi connectivity index (χ3n) is 12.8. The Labute approximate surface area is 254 Å². The van der Waals surface area contributed by atoms with E-state index in [9.17, 15) is 28.5 Å². The van der Waals surface area contributed by atoms with Gasteiger partial charge in [-0.15, -0.1) is 0 Å². The van der Waals surface area contributed by atoms with E-state index in [-0.39, 0.29) is 52.5 Å². The molecule has 0 radical (unpaired) electrons. The van der Waals surface area contributed by atoms with Crippen molar-refractivity contribution in [3.63, 3.8) is 0 Å². The quantitative estimate of drug-likeness (QED) is 0.129. The minimum Gasteiger partial charge on any atom is -0.393 e. The lowest BCUT2D eigenvalue weighted by molar-refractivity contribution is -0.890. The molecule has 4 aliphatic rings. The van der Waals surface area contributed by atoms with Crippen LogP contribution >= 0.6 is 0 Å². The number of aliphatic hydroxyl groups is 3. The van der Waals surface area contributed by atoms with Gasteiger partial charge in [0.2, 0.25) is 5.91 Å². The predicted molar refractivity (Wildman–Crippen MR) is 163 cm³/mol. The summed E-state index contributed by atoms with van der Waals surface area (Å²) in [5.74, 6) is 1.52. The van der Waals surface area contributed by atoms with Crippen molar-refractivity contribution in [2.75, 3.05) is 39.5 Å². The van der Waals surface area contributed by atoms with Crippen molar-refractivity contribution in [2.45, 2.75) is 110 Å². The number of rotatable bonds is 12. The van der Waals surface area contributed by atoms with Crippen LogP contribution in [0.25, 0.3) is 0 Å². The number of hydrogen-bond acceptors (Lipinski definition) is 6. The van der Waals surface area contributed by atoms with Crippen molar-refractivity contribution in [1.82, 2.24) is 5.32 Å². The average Bonchev–Trinajstić information content (AvgIpc) is 3.24. The number of nitrogens with one attached hydrogen (secondary N) is 1. The molecular weight excluding hydrogens is 556 g/mol. The summed E-state index contributed by atoms with van der Waals surface area (Å²) >= 11 is 0. The van der Waals surface area contributed by atoms with Crippen LogP contribution in [-0.4, -0.2) is 96.5 Å². The molecule has 4 fully saturated rings. The summed E-state index contributed by atoms with van der Waals surface area (Å²) in [6, 6.07) is 0. The highest BCUT2D eigenvalue weighted by molar-refractivity contribution is 7.85. The Bertz CT molecular complexity index is 1050. The number of nitrogens with zero attached hydrogens (tertiary/aromatic N) is 1. The molecule has 4 aliphatic carbocycles. The van der Waals surface area contributed by atoms with E-state index in [1.54, 1.807) is 0 Å². The van der Waals surface area contributed by atoms with Crippen LogP contribution in [0.4, 0.5) is 0 Å². The summed E-state index contributed by atoms with van der Waals surface area (Å²) in [6.45, 7) is 8.87. The minimum absolute atomic E-state index is 0.0450. The van der Waals surface area contributed by atoms with E-state index in [0.29, 0.717) is 48.2 Å². The van der Waals surface area contributed by atoms with E-state index in [0.717, 1.165) is 64.3 Å². The zero-order valence-electron chi connectivity index (χ0n) is 26.7. The van der Waals surface area contributed by atoms with Gasteiger partial charge in [-0.25, -0.2) is 0 Å². The third kappa shape index (κ3) is 7.20. The van der Waals surface area contributed by atoms with E-state index in [4.69, 9.17) is 4.55 Å². The molecule has 4 rings (SSSR count). The molecule has 1 amide bonds. The van der Waals surface area contributed by atoms with Gasteiger partial charge in [0.25, 0.3) is 10.1 Å². The van der Waals surface area contributed by atoms with E-state index in [2.05, 4.69) is 26.1 Å². The van der Waals surface area contributed by atoms with Crippen LogP contribution < -0.4 is 5.32 Å². The fourth-order valence-corrected chi connectivity index (χ4v) is 10.8. The molecule has 0 saturated heterocycles. The van der Waals surface area contributed by atoms with Crippen LogP contribution in [0.5, 0.6) is 0 Å². The SMILES string of the molecule is C[C@H](CCC(=O)NCCC[N+](C)(C)CCCS(=O)(=O)O)[C@H]1CC[C@@H]2[C@H]3[C@H](O)C[C@@H]4C[C@H](O)CC[C@]4(C)[C@H]3C[C@H](O)[C@@]21C. The largest absolute Gasteiger partial charge is 0.393 e. The predicted octanol–water partition coefficient (Wildman–Crippen LogP) is 3.22. The summed E-state index contributed by atoms with van der Waals surface area (Å²) in [5, 5.41) is 36.6. The fraction of sp³-hybridized carbons (Fsp3) is 0.969. The third-order valence-corrected chi connectivity index (χ3v) is 13.6. The molecule has 0 aliphatic heterocycles. The standard InChI is InChI=1S/C32H58N2O7S/c1-21(8-11-29(38)33-14-6-15-34(4,5)16-7-17-42(39,40)41)24-9-10-25-30-26(20-28(37)32(24,25)3)31(2)13-12-23(35)18-22(31)19-27(30)36/h21-28,30,35-37H,6-20H2,1-5H3,(H-,33,38,39,40,41)/p+1/t21-,22+,23-,24-,25-,26+,27-,28+,30-,31+,32-/m1/s1. The van der Waals surface area contributed by atoms with E-state index < -0.39 is 16.2 Å². The maximum atomic E-state index is 12.7. The van der Waals surface area contributed by atoms with Crippen molar-refractivity contribution < 1.29 is 37.6 Å². The Hall–Kier alpha value is -0.780. The number of amides is 1. The zero-order valence-corrected chi connectivity index (χ0v) is 27.5. The monoisotopic (exact) mass is 615 g/mol. The summed E-state index contributed by atoms with van der Waals surface area (Å²) in [5.41, 5.74) is -0.185. The van der Waals surface area contributed by atoms with Crippen LogP contribution in [0.2, 0.25) is 0 Å². The number of fused-ring (bicyclic) bond motifs is 5. The second-order valence-electron chi connectivity index (χ2n) is 15.8. The molecule has 42 heavy (non-hydrogen) atoms. The normalized spacial score (nSPS) is 41.0. The first-order valence-electron chi connectivity index (χ1n) is 16.6. The molecule has 9 nitrogen and oxygen atoms in total. The van der Waals surface area contributed by atoms with Crippen LogP contribution in [-0.2, 0) is 14.9 Å². The minimum atomic E-state index is -3.93. The summed E-state index contributed by atoms with van der Waals surface area (Å²) in [4.78, 5) is 12.7. The summed E-state index contributed by atoms with van der Waals surface area (Å²) < 4.78 is 31.5. The summed E-state index contributed by atoms with van der Waals surface area (Å²) in [7, 11) is 0.114. The molecule has 10 heteroatoms. The Morgan fingerprint density at radius 1 is 1.00 bits per heavy atom. The molecule has 5 N–H and O–H groups in total. The lowest BCUT2D eigenvalue weighted by Crippen LogP contribution is -2.62. The van der Waals surface area contributed by atoms with E-state index in [1.807, 2.05) is 14.1 Å². The van der Waals surface area contributed by atoms with Gasteiger partial charge in [0.1, 0.15) is 0 Å². The Kier molecular flexibility index (Phi) is 10.5. The Morgan fingerprint density at radius 3 is 2.38 bits per heavy atom. The maximum absolute atomic E-state index is 12.7. The first-order chi connectivity index (χ1) is 19.5. The summed E-state index contributed by atoms with van der Waals surface area (Å²) in [6.07, 6.45) is 7.47. The van der Waals surface area contributed by atoms with Crippen LogP contribution in [0.3, 0.4) is 0 Å². The smallest absolute Gasteiger partial charge is 0.265 e. The van der Waals surface area contributed by atoms with Gasteiger partial charge in [0, 0.05) is 25.8 Å². The molecule has 0 bridgehead atoms.